The summed E-state index contributed by atoms with van der Waals surface area (Å²) in [5.41, 5.74) is -4.35. The Hall–Kier alpha value is -17.5. The van der Waals surface area contributed by atoms with Crippen LogP contribution in [-0.4, -0.2) is 0 Å². The molecule has 12 heteroatoms. The number of allylic oxidation sites excluding steroid dienone is 24. The highest BCUT2D eigenvalue weighted by Crippen LogP contribution is 2.60. The van der Waals surface area contributed by atoms with E-state index < -0.39 is 401 Å². The first-order valence-electron chi connectivity index (χ1n) is 63.4. The minimum atomic E-state index is -1.22. The molecule has 0 aliphatic heterocycles. The van der Waals surface area contributed by atoms with Gasteiger partial charge in [0.15, 0.2) is 0 Å². The zero-order valence-corrected chi connectivity index (χ0v) is 72.2. The van der Waals surface area contributed by atoms with E-state index in [0.29, 0.717) is 44.6 Å². The van der Waals surface area contributed by atoms with Crippen LogP contribution in [0.3, 0.4) is 0 Å². The number of benzene rings is 16. The van der Waals surface area contributed by atoms with Gasteiger partial charge in [-0.05, 0) is 269 Å². The fourth-order valence-corrected chi connectivity index (χ4v) is 19.0. The largest absolute Gasteiger partial charge is 0.307 e. The smallest absolute Gasteiger partial charge is 0.148 e. The van der Waals surface area contributed by atoms with Crippen molar-refractivity contribution in [3.8, 4) is 89.0 Å². The summed E-state index contributed by atoms with van der Waals surface area (Å²) in [4.78, 5) is 5.24. The molecule has 8 aliphatic rings. The topological polar surface area (TPSA) is 13.0 Å². The summed E-state index contributed by atoms with van der Waals surface area (Å²) >= 11 is 0. The third-order valence-corrected chi connectivity index (χ3v) is 24.8. The highest BCUT2D eigenvalue weighted by molar-refractivity contribution is 5.96. The lowest BCUT2D eigenvalue weighted by atomic mass is 9.63. The van der Waals surface area contributed by atoms with Crippen molar-refractivity contribution in [3.05, 3.63) is 598 Å². The minimum absolute atomic E-state index is 0.0646. The lowest BCUT2D eigenvalue weighted by Gasteiger charge is -2.45. The van der Waals surface area contributed by atoms with Gasteiger partial charge in [-0.3, -0.25) is 0 Å². The summed E-state index contributed by atoms with van der Waals surface area (Å²) in [7, 11) is 0. The van der Waals surface area contributed by atoms with E-state index in [1.807, 2.05) is 0 Å². The summed E-state index contributed by atoms with van der Waals surface area (Å²) in [6, 6.07) is -3.60. The normalized spacial score (nSPS) is 20.5. The van der Waals surface area contributed by atoms with E-state index in [4.69, 9.17) is 43.9 Å². The van der Waals surface area contributed by atoms with Gasteiger partial charge in [-0.2, -0.15) is 0 Å². The van der Waals surface area contributed by atoms with Crippen LogP contribution in [0.25, 0.3) is 89.0 Å². The van der Waals surface area contributed by atoms with Gasteiger partial charge in [0.2, 0.25) is 0 Å². The molecule has 140 heavy (non-hydrogen) atoms. The van der Waals surface area contributed by atoms with Crippen molar-refractivity contribution in [1.29, 1.82) is 0 Å². The van der Waals surface area contributed by atoms with E-state index in [2.05, 4.69) is 0 Å². The number of halogens is 8. The molecule has 0 aromatic heterocycles. The molecule has 4 unspecified atom stereocenters. The van der Waals surface area contributed by atoms with Crippen LogP contribution in [0.2, 0.25) is 0 Å². The van der Waals surface area contributed by atoms with Gasteiger partial charge < -0.3 is 19.6 Å². The lowest BCUT2D eigenvalue weighted by molar-refractivity contribution is 0.550. The second-order valence-corrected chi connectivity index (χ2v) is 32.6. The molecule has 8 aliphatic carbocycles. The van der Waals surface area contributed by atoms with Gasteiger partial charge >= 0.3 is 0 Å². The Morgan fingerprint density at radius 3 is 0.771 bits per heavy atom. The van der Waals surface area contributed by atoms with Crippen molar-refractivity contribution >= 4 is 45.5 Å². The Morgan fingerprint density at radius 1 is 0.200 bits per heavy atom. The molecule has 16 aromatic rings. The van der Waals surface area contributed by atoms with Gasteiger partial charge in [0.05, 0.1) is 100 Å². The van der Waals surface area contributed by atoms with Gasteiger partial charge in [0, 0.05) is 68.7 Å². The van der Waals surface area contributed by atoms with E-state index in [-0.39, 0.29) is 67.8 Å². The van der Waals surface area contributed by atoms with Gasteiger partial charge in [-0.1, -0.05) is 327 Å². The average Bonchev–Trinajstić information content (AvgIpc) is 0.709. The third kappa shape index (κ3) is 16.1. The number of rotatable bonds is 20. The highest BCUT2D eigenvalue weighted by Gasteiger charge is 2.47. The molecule has 4 nitrogen and oxygen atoms in total. The van der Waals surface area contributed by atoms with E-state index >= 15 is 35.1 Å². The molecule has 0 fully saturated rings. The monoisotopic (exact) mass is 1870 g/mol. The van der Waals surface area contributed by atoms with Crippen molar-refractivity contribution in [1.82, 2.24) is 0 Å². The van der Waals surface area contributed by atoms with Crippen LogP contribution in [-0.2, 0) is 0 Å². The van der Waals surface area contributed by atoms with Gasteiger partial charge in [-0.15, -0.1) is 0 Å². The van der Waals surface area contributed by atoms with Crippen LogP contribution in [0.4, 0.5) is 80.6 Å². The first-order valence-corrected chi connectivity index (χ1v) is 43.4. The molecule has 0 saturated heterocycles. The van der Waals surface area contributed by atoms with Crippen LogP contribution in [0.15, 0.2) is 552 Å². The van der Waals surface area contributed by atoms with Crippen LogP contribution < -0.4 is 19.6 Å². The first kappa shape index (κ1) is 53.1. The van der Waals surface area contributed by atoms with Crippen LogP contribution in [0.1, 0.15) is 54.8 Å². The van der Waals surface area contributed by atoms with E-state index in [1.54, 1.807) is 97.2 Å². The molecule has 0 amide bonds. The minimum Gasteiger partial charge on any atom is -0.307 e. The maximum atomic E-state index is 18.3. The van der Waals surface area contributed by atoms with E-state index in [9.17, 15) is 11.0 Å². The molecule has 0 heterocycles. The lowest BCUT2D eigenvalue weighted by Crippen LogP contribution is -2.35. The molecular formula is C128H84F8N4. The summed E-state index contributed by atoms with van der Waals surface area (Å²) < 4.78 is 484. The van der Waals surface area contributed by atoms with Gasteiger partial charge in [-0.25, -0.2) is 35.1 Å². The van der Waals surface area contributed by atoms with Crippen LogP contribution >= 0.6 is 0 Å². The SMILES string of the molecule is [2H]c1c([2H])c([2H])c(-c2cc(F)c(N(C3=CC=C4C=CC5=C(N(c6ccc(F)cc6)c6c(F)cc(-c7c([2H])c([2H])c([2H])c([2H])c7[2H])cc6-c6c([2H])c([2H])c([2H])c([2H])c6[2H])C=CC6=CC=C3C4C65)c3ccc(F)cc3)c(-c3c([2H])c([2H])c([2H])c([2H])c3[2H])c2)c([2H])c1[2H].[2H]c1c([2H])c([2H])c(-c2cc(F)c(N(C3=CC=C4C=CC5=C(N(c6cccc(F)c6)c6c(F)cc(-c7c([2H])c([2H])c([2H])c([2H])c7[2H])cc6-c6c([2H])c([2H])c([2H])c([2H])c6[2H])C=CC6=CC=C3C4C65)c3cccc(F)c3)c(-c3c([2H])c([2H])c([2H])c([2H])c3[2H])c2)c([2H])c1[2H]. The molecule has 16 aromatic carbocycles. The molecule has 672 valence electrons. The molecular weight excluding hydrogens is 1750 g/mol. The fourth-order valence-electron chi connectivity index (χ4n) is 19.0. The van der Waals surface area contributed by atoms with E-state index in [0.717, 1.165) is 97.1 Å². The molecule has 24 rings (SSSR count). The maximum Gasteiger partial charge on any atom is 0.148 e. The summed E-state index contributed by atoms with van der Waals surface area (Å²) in [6.07, 6.45) is 27.2. The first-order chi connectivity index (χ1) is 85.3. The van der Waals surface area contributed by atoms with Crippen LogP contribution in [0.5, 0.6) is 0 Å². The number of nitrogens with zero attached hydrogens (tertiary/aromatic N) is 4. The standard InChI is InChI=1S/2C64H42F4N2/c65-49-23-13-25-51(39-49)69(63-55(43-19-9-3-10-20-43)35-47(37-57(63)67)41-15-5-1-6-16-41)59-33-29-45-28-32-54-60(34-30-46-27-31-53(59)61(45)62(46)54)70(52-26-14-24-50(66)40-52)64-56(44-21-11-4-12-22-44)36-48(38-58(64)68)42-17-7-2-8-18-42;65-49-25-29-51(30-26-49)69(63-55(43-17-9-3-10-18-43)37-47(39-57(63)67)41-13-5-1-6-14-41)59-35-23-45-22-34-54-60(36-24-46-21-33-53(59)61(45)62(46)54)70(52-31-27-50(66)28-32-52)64-56(44-19-11-4-12-20-44)38-48(40-58(64)68)42-15-7-2-8-16-42/h2*1-40,61-62H/i1D,2D,3D,4D,5D,6D,7D,8D,9D,10D,11D,12D,15D,16D,17D,18D,19D,20D,21D,22D;1D,2D,3D,4D,5D,6D,7D,8D,9D,10D,11D,12D,13D,14D,15D,16D,17D,18D,19D,20D. The average molecular weight is 1870 g/mol. The number of hydrogen-bond acceptors (Lipinski definition) is 4. The maximum absolute atomic E-state index is 18.3. The predicted octanol–water partition coefficient (Wildman–Crippen LogP) is 34.4. The Bertz CT molecular complexity index is 10600. The molecule has 0 spiro atoms. The van der Waals surface area contributed by atoms with Gasteiger partial charge in [0.1, 0.15) is 46.5 Å². The summed E-state index contributed by atoms with van der Waals surface area (Å²) in [6.45, 7) is 0. The second kappa shape index (κ2) is 37.0. The Morgan fingerprint density at radius 2 is 0.457 bits per heavy atom. The summed E-state index contributed by atoms with van der Waals surface area (Å²) in [5, 5.41) is 0. The molecule has 4 atom stereocenters. The second-order valence-electron chi connectivity index (χ2n) is 32.6. The molecule has 0 saturated carbocycles. The quantitative estimate of drug-likeness (QED) is 0.0705. The van der Waals surface area contributed by atoms with Crippen molar-refractivity contribution in [2.75, 3.05) is 19.6 Å². The molecule has 0 bridgehead atoms. The third-order valence-electron chi connectivity index (χ3n) is 24.8. The zero-order chi connectivity index (χ0) is 129. The van der Waals surface area contributed by atoms with Crippen molar-refractivity contribution in [2.24, 2.45) is 23.7 Å². The van der Waals surface area contributed by atoms with Gasteiger partial charge in [0.25, 0.3) is 0 Å². The predicted molar refractivity (Wildman–Crippen MR) is 552 cm³/mol. The van der Waals surface area contributed by atoms with Crippen molar-refractivity contribution < 1.29 is 90.0 Å². The van der Waals surface area contributed by atoms with E-state index in [1.165, 1.54) is 68.1 Å². The molecule has 0 radical (unpaired) electrons. The zero-order valence-electron chi connectivity index (χ0n) is 112. The summed E-state index contributed by atoms with van der Waals surface area (Å²) in [5.74, 6) is -11.1. The Labute approximate surface area is 863 Å². The van der Waals surface area contributed by atoms with Crippen molar-refractivity contribution in [2.45, 2.75) is 0 Å². The van der Waals surface area contributed by atoms with Crippen LogP contribution in [0, 0.1) is 70.2 Å². The highest BCUT2D eigenvalue weighted by atomic mass is 19.2. The number of anilines is 8. The molecule has 0 N–H and O–H groups in total. The Kier molecular flexibility index (Phi) is 14.0. The fraction of sp³-hybridized carbons (Fsp3) is 0.0312. The van der Waals surface area contributed by atoms with Crippen molar-refractivity contribution in [3.63, 3.8) is 0 Å². The Balaban J connectivity index is 0.000000189. The number of hydrogen-bond donors (Lipinski definition) is 0.